The summed E-state index contributed by atoms with van der Waals surface area (Å²) in [5, 5.41) is 11.8. The first-order valence-electron chi connectivity index (χ1n) is 9.97. The zero-order valence-electron chi connectivity index (χ0n) is 17.9. The van der Waals surface area contributed by atoms with Crippen molar-refractivity contribution < 1.29 is 14.3 Å². The molecule has 2 amide bonds. The molecule has 3 rings (SSSR count). The molecule has 1 atom stereocenters. The largest absolute Gasteiger partial charge is 0.483 e. The van der Waals surface area contributed by atoms with Gasteiger partial charge in [0, 0.05) is 6.54 Å². The number of rotatable bonds is 10. The van der Waals surface area contributed by atoms with Crippen molar-refractivity contribution in [3.05, 3.63) is 78.1 Å². The van der Waals surface area contributed by atoms with E-state index < -0.39 is 5.91 Å². The molecule has 0 aliphatic carbocycles. The van der Waals surface area contributed by atoms with Gasteiger partial charge in [0.2, 0.25) is 5.91 Å². The molecular formula is C23H25N5O3S. The molecule has 0 saturated carbocycles. The van der Waals surface area contributed by atoms with Gasteiger partial charge in [0.25, 0.3) is 5.91 Å². The van der Waals surface area contributed by atoms with Gasteiger partial charge in [0.1, 0.15) is 5.75 Å². The number of nitrogens with two attached hydrogens (primary N) is 1. The summed E-state index contributed by atoms with van der Waals surface area (Å²) >= 11 is 1.23. The highest BCUT2D eigenvalue weighted by atomic mass is 32.2. The number of aryl methyl sites for hydroxylation is 1. The maximum absolute atomic E-state index is 12.5. The molecule has 9 heteroatoms. The molecule has 1 aromatic heterocycles. The van der Waals surface area contributed by atoms with Gasteiger partial charge in [-0.05, 0) is 43.7 Å². The van der Waals surface area contributed by atoms with Crippen LogP contribution in [0.2, 0.25) is 0 Å². The van der Waals surface area contributed by atoms with E-state index in [1.165, 1.54) is 11.8 Å². The molecule has 2 aromatic carbocycles. The summed E-state index contributed by atoms with van der Waals surface area (Å²) in [5.74, 6) is 0.560. The Morgan fingerprint density at radius 1 is 1.25 bits per heavy atom. The number of nitrogens with one attached hydrogen (secondary N) is 1. The number of para-hydroxylation sites is 1. The summed E-state index contributed by atoms with van der Waals surface area (Å²) < 4.78 is 7.90. The molecule has 32 heavy (non-hydrogen) atoms. The molecule has 1 unspecified atom stereocenters. The third kappa shape index (κ3) is 5.76. The second-order valence-electron chi connectivity index (χ2n) is 7.06. The maximum atomic E-state index is 12.5. The number of carbonyl (C=O) groups is 2. The third-order valence-electron chi connectivity index (χ3n) is 4.52. The van der Waals surface area contributed by atoms with Crippen LogP contribution in [0, 0.1) is 6.92 Å². The van der Waals surface area contributed by atoms with E-state index in [1.807, 2.05) is 42.7 Å². The van der Waals surface area contributed by atoms with E-state index in [-0.39, 0.29) is 23.3 Å². The highest BCUT2D eigenvalue weighted by Gasteiger charge is 2.20. The summed E-state index contributed by atoms with van der Waals surface area (Å²) in [7, 11) is 0. The Kier molecular flexibility index (Phi) is 7.67. The van der Waals surface area contributed by atoms with Crippen molar-refractivity contribution in [2.45, 2.75) is 31.7 Å². The van der Waals surface area contributed by atoms with Gasteiger partial charge >= 0.3 is 0 Å². The summed E-state index contributed by atoms with van der Waals surface area (Å²) in [4.78, 5) is 24.0. The van der Waals surface area contributed by atoms with Crippen molar-refractivity contribution in [1.82, 2.24) is 14.8 Å². The third-order valence-corrected chi connectivity index (χ3v) is 5.49. The van der Waals surface area contributed by atoms with Crippen LogP contribution in [0.4, 0.5) is 5.69 Å². The fraction of sp³-hybridized carbons (Fsp3) is 0.217. The number of anilines is 1. The van der Waals surface area contributed by atoms with Crippen molar-refractivity contribution in [2.24, 2.45) is 5.73 Å². The molecule has 0 radical (unpaired) electrons. The average molecular weight is 452 g/mol. The first-order chi connectivity index (χ1) is 15.4. The SMILES string of the molecule is C=CCn1c(SCC(=O)Nc2ccccc2C(N)=O)nnc1C(C)Oc1cccc(C)c1. The van der Waals surface area contributed by atoms with Crippen molar-refractivity contribution in [3.8, 4) is 5.75 Å². The monoisotopic (exact) mass is 451 g/mol. The normalized spacial score (nSPS) is 11.6. The molecule has 1 heterocycles. The van der Waals surface area contributed by atoms with E-state index in [0.29, 0.717) is 23.2 Å². The van der Waals surface area contributed by atoms with E-state index in [2.05, 4.69) is 22.1 Å². The van der Waals surface area contributed by atoms with Gasteiger partial charge < -0.3 is 15.8 Å². The Morgan fingerprint density at radius 2 is 2.03 bits per heavy atom. The molecule has 0 fully saturated rings. The number of thioether (sulfide) groups is 1. The van der Waals surface area contributed by atoms with Crippen LogP contribution in [-0.2, 0) is 11.3 Å². The highest BCUT2D eigenvalue weighted by Crippen LogP contribution is 2.25. The highest BCUT2D eigenvalue weighted by molar-refractivity contribution is 7.99. The molecule has 0 bridgehead atoms. The zero-order valence-corrected chi connectivity index (χ0v) is 18.8. The van der Waals surface area contributed by atoms with Gasteiger partial charge in [-0.3, -0.25) is 14.2 Å². The number of amides is 2. The van der Waals surface area contributed by atoms with E-state index in [0.717, 1.165) is 11.3 Å². The summed E-state index contributed by atoms with van der Waals surface area (Å²) in [6.07, 6.45) is 1.38. The van der Waals surface area contributed by atoms with Crippen LogP contribution >= 0.6 is 11.8 Å². The Balaban J connectivity index is 1.69. The number of nitrogens with zero attached hydrogens (tertiary/aromatic N) is 3. The maximum Gasteiger partial charge on any atom is 0.250 e. The van der Waals surface area contributed by atoms with Crippen LogP contribution in [0.15, 0.2) is 66.3 Å². The van der Waals surface area contributed by atoms with Crippen LogP contribution in [-0.4, -0.2) is 32.3 Å². The number of allylic oxidation sites excluding steroid dienone is 1. The molecule has 0 saturated heterocycles. The first-order valence-corrected chi connectivity index (χ1v) is 11.0. The fourth-order valence-electron chi connectivity index (χ4n) is 3.08. The smallest absolute Gasteiger partial charge is 0.250 e. The molecule has 0 aliphatic heterocycles. The van der Waals surface area contributed by atoms with Crippen molar-refractivity contribution >= 4 is 29.3 Å². The molecule has 166 valence electrons. The van der Waals surface area contributed by atoms with Crippen LogP contribution in [0.25, 0.3) is 0 Å². The Bertz CT molecular complexity index is 1130. The van der Waals surface area contributed by atoms with Gasteiger partial charge in [-0.25, -0.2) is 0 Å². The second kappa shape index (κ2) is 10.6. The lowest BCUT2D eigenvalue weighted by molar-refractivity contribution is -0.113. The lowest BCUT2D eigenvalue weighted by Gasteiger charge is -2.16. The van der Waals surface area contributed by atoms with E-state index in [9.17, 15) is 9.59 Å². The van der Waals surface area contributed by atoms with Crippen molar-refractivity contribution in [2.75, 3.05) is 11.1 Å². The Morgan fingerprint density at radius 3 is 2.75 bits per heavy atom. The average Bonchev–Trinajstić information content (AvgIpc) is 3.15. The standard InChI is InChI=1S/C23H25N5O3S/c1-4-12-28-22(16(3)31-17-9-7-8-15(2)13-17)26-27-23(28)32-14-20(29)25-19-11-6-5-10-18(19)21(24)30/h4-11,13,16H,1,12,14H2,2-3H3,(H2,24,30)(H,25,29). The predicted octanol–water partition coefficient (Wildman–Crippen LogP) is 3.74. The van der Waals surface area contributed by atoms with Crippen LogP contribution in [0.3, 0.4) is 0 Å². The van der Waals surface area contributed by atoms with Crippen LogP contribution < -0.4 is 15.8 Å². The minimum absolute atomic E-state index is 0.0789. The number of hydrogen-bond donors (Lipinski definition) is 2. The number of ether oxygens (including phenoxy) is 1. The fourth-order valence-corrected chi connectivity index (χ4v) is 3.83. The minimum atomic E-state index is -0.605. The molecule has 3 N–H and O–H groups in total. The molecule has 0 spiro atoms. The minimum Gasteiger partial charge on any atom is -0.483 e. The lowest BCUT2D eigenvalue weighted by atomic mass is 10.1. The second-order valence-corrected chi connectivity index (χ2v) is 8.01. The predicted molar refractivity (Wildman–Crippen MR) is 125 cm³/mol. The van der Waals surface area contributed by atoms with E-state index in [1.54, 1.807) is 30.3 Å². The topological polar surface area (TPSA) is 112 Å². The number of benzene rings is 2. The lowest BCUT2D eigenvalue weighted by Crippen LogP contribution is -2.19. The van der Waals surface area contributed by atoms with E-state index in [4.69, 9.17) is 10.5 Å². The quantitative estimate of drug-likeness (QED) is 0.359. The summed E-state index contributed by atoms with van der Waals surface area (Å²) in [5.41, 5.74) is 7.09. The van der Waals surface area contributed by atoms with Crippen molar-refractivity contribution in [1.29, 1.82) is 0 Å². The van der Waals surface area contributed by atoms with Gasteiger partial charge in [0.05, 0.1) is 17.0 Å². The number of hydrogen-bond acceptors (Lipinski definition) is 6. The number of carbonyl (C=O) groups excluding carboxylic acids is 2. The molecular weight excluding hydrogens is 426 g/mol. The number of aromatic nitrogens is 3. The number of primary amides is 1. The summed E-state index contributed by atoms with van der Waals surface area (Å²) in [6.45, 7) is 8.17. The van der Waals surface area contributed by atoms with Gasteiger partial charge in [-0.1, -0.05) is 42.1 Å². The van der Waals surface area contributed by atoms with E-state index >= 15 is 0 Å². The Hall–Kier alpha value is -3.59. The van der Waals surface area contributed by atoms with Gasteiger partial charge in [0.15, 0.2) is 17.1 Å². The summed E-state index contributed by atoms with van der Waals surface area (Å²) in [6, 6.07) is 14.4. The zero-order chi connectivity index (χ0) is 23.1. The van der Waals surface area contributed by atoms with Crippen molar-refractivity contribution in [3.63, 3.8) is 0 Å². The van der Waals surface area contributed by atoms with Crippen LogP contribution in [0.1, 0.15) is 34.8 Å². The van der Waals surface area contributed by atoms with Crippen LogP contribution in [0.5, 0.6) is 5.75 Å². The van der Waals surface area contributed by atoms with Gasteiger partial charge in [-0.2, -0.15) is 0 Å². The molecule has 8 nitrogen and oxygen atoms in total. The Labute approximate surface area is 190 Å². The van der Waals surface area contributed by atoms with Gasteiger partial charge in [-0.15, -0.1) is 16.8 Å². The first kappa shape index (κ1) is 23.1. The molecule has 3 aromatic rings. The molecule has 0 aliphatic rings.